The van der Waals surface area contributed by atoms with Crippen LogP contribution in [-0.2, 0) is 14.3 Å². The Morgan fingerprint density at radius 2 is 2.12 bits per heavy atom. The van der Waals surface area contributed by atoms with Crippen LogP contribution in [0.4, 0.5) is 5.69 Å². The van der Waals surface area contributed by atoms with Crippen molar-refractivity contribution in [2.75, 3.05) is 31.1 Å². The number of fused-ring (bicyclic) bond motifs is 1. The third-order valence-corrected chi connectivity index (χ3v) is 6.39. The first-order chi connectivity index (χ1) is 16.0. The van der Waals surface area contributed by atoms with Crippen LogP contribution in [0.2, 0.25) is 5.02 Å². The highest BCUT2D eigenvalue weighted by Crippen LogP contribution is 2.35. The lowest BCUT2D eigenvalue weighted by molar-refractivity contribution is -0.143. The molecule has 1 unspecified atom stereocenters. The predicted molar refractivity (Wildman–Crippen MR) is 130 cm³/mol. The minimum Gasteiger partial charge on any atom is -0.466 e. The maximum absolute atomic E-state index is 12.7. The lowest BCUT2D eigenvalue weighted by atomic mass is 9.96. The second kappa shape index (κ2) is 10.3. The normalized spacial score (nSPS) is 16.1. The number of piperidine rings is 1. The highest BCUT2D eigenvalue weighted by atomic mass is 35.5. The number of imidazole rings is 1. The smallest absolute Gasteiger partial charge is 0.307 e. The van der Waals surface area contributed by atoms with Gasteiger partial charge in [0, 0.05) is 42.8 Å². The number of amides is 1. The van der Waals surface area contributed by atoms with Crippen molar-refractivity contribution < 1.29 is 14.3 Å². The zero-order valence-electron chi connectivity index (χ0n) is 19.0. The molecule has 1 saturated heterocycles. The van der Waals surface area contributed by atoms with Gasteiger partial charge in [0.05, 0.1) is 29.7 Å². The number of anilines is 1. The van der Waals surface area contributed by atoms with Crippen LogP contribution in [0, 0.1) is 12.8 Å². The summed E-state index contributed by atoms with van der Waals surface area (Å²) >= 11 is 6.58. The molecule has 1 fully saturated rings. The number of nitrogens with zero attached hydrogens (tertiary/aromatic N) is 3. The zero-order chi connectivity index (χ0) is 23.4. The first-order valence-electron chi connectivity index (χ1n) is 11.4. The molecule has 8 heteroatoms. The van der Waals surface area contributed by atoms with E-state index in [-0.39, 0.29) is 24.2 Å². The number of pyridine rings is 1. The van der Waals surface area contributed by atoms with Crippen LogP contribution >= 0.6 is 11.6 Å². The Bertz CT molecular complexity index is 1160. The van der Waals surface area contributed by atoms with E-state index in [1.165, 1.54) is 0 Å². The van der Waals surface area contributed by atoms with Gasteiger partial charge in [-0.05, 0) is 57.0 Å². The van der Waals surface area contributed by atoms with E-state index in [4.69, 9.17) is 21.3 Å². The number of hydrogen-bond donors (Lipinski definition) is 1. The van der Waals surface area contributed by atoms with Gasteiger partial charge in [-0.1, -0.05) is 17.7 Å². The van der Waals surface area contributed by atoms with Crippen LogP contribution < -0.4 is 10.2 Å². The molecule has 2 aromatic heterocycles. The van der Waals surface area contributed by atoms with Crippen LogP contribution in [0.5, 0.6) is 0 Å². The number of carbonyl (C=O) groups is 2. The Balaban J connectivity index is 1.48. The van der Waals surface area contributed by atoms with E-state index in [0.717, 1.165) is 47.7 Å². The lowest BCUT2D eigenvalue weighted by Crippen LogP contribution is -2.43. The molecule has 1 aliphatic heterocycles. The number of nitrogens with one attached hydrogen (secondary N) is 1. The molecule has 3 heterocycles. The molecule has 1 aliphatic rings. The van der Waals surface area contributed by atoms with Gasteiger partial charge in [0.2, 0.25) is 5.91 Å². The van der Waals surface area contributed by atoms with E-state index in [0.29, 0.717) is 24.7 Å². The molecule has 33 heavy (non-hydrogen) atoms. The molecule has 0 saturated carbocycles. The summed E-state index contributed by atoms with van der Waals surface area (Å²) in [7, 11) is 0. The van der Waals surface area contributed by atoms with E-state index in [2.05, 4.69) is 20.7 Å². The van der Waals surface area contributed by atoms with Crippen LogP contribution in [0.15, 0.2) is 42.6 Å². The number of carbonyl (C=O) groups excluding carboxylic acids is 2. The van der Waals surface area contributed by atoms with Gasteiger partial charge < -0.3 is 19.4 Å². The molecule has 7 nitrogen and oxygen atoms in total. The fourth-order valence-electron chi connectivity index (χ4n) is 4.36. The number of aryl methyl sites for hydroxylation is 1. The minimum absolute atomic E-state index is 0.0191. The van der Waals surface area contributed by atoms with E-state index < -0.39 is 0 Å². The van der Waals surface area contributed by atoms with Crippen molar-refractivity contribution in [3.63, 3.8) is 0 Å². The quantitative estimate of drug-likeness (QED) is 0.524. The average Bonchev–Trinajstić information content (AvgIpc) is 3.16. The number of rotatable bonds is 7. The lowest BCUT2D eigenvalue weighted by Gasteiger charge is -2.34. The Kier molecular flexibility index (Phi) is 7.18. The van der Waals surface area contributed by atoms with Gasteiger partial charge in [-0.2, -0.15) is 0 Å². The van der Waals surface area contributed by atoms with Gasteiger partial charge in [-0.15, -0.1) is 0 Å². The number of aromatic nitrogens is 2. The van der Waals surface area contributed by atoms with Crippen molar-refractivity contribution >= 4 is 34.8 Å². The molecule has 174 valence electrons. The summed E-state index contributed by atoms with van der Waals surface area (Å²) in [6, 6.07) is 11.9. The van der Waals surface area contributed by atoms with Crippen molar-refractivity contribution in [3.8, 4) is 11.3 Å². The zero-order valence-corrected chi connectivity index (χ0v) is 19.8. The van der Waals surface area contributed by atoms with E-state index >= 15 is 0 Å². The summed E-state index contributed by atoms with van der Waals surface area (Å²) in [5.41, 5.74) is 4.68. The summed E-state index contributed by atoms with van der Waals surface area (Å²) in [5.74, 6) is -0.439. The van der Waals surface area contributed by atoms with Gasteiger partial charge >= 0.3 is 5.97 Å². The molecule has 0 aliphatic carbocycles. The van der Waals surface area contributed by atoms with Crippen LogP contribution in [0.3, 0.4) is 0 Å². The Morgan fingerprint density at radius 1 is 1.27 bits per heavy atom. The summed E-state index contributed by atoms with van der Waals surface area (Å²) in [6.45, 7) is 5.95. The first-order valence-corrected chi connectivity index (χ1v) is 11.8. The van der Waals surface area contributed by atoms with Crippen molar-refractivity contribution in [2.24, 2.45) is 5.92 Å². The molecule has 1 atom stereocenters. The standard InChI is InChI=1S/C25H29ClN4O3/c1-3-33-23(31)11-12-27-25(32)18-7-6-13-29(16-18)19-9-10-21(26)20(15-19)24-17(2)30-14-5-4-8-22(30)28-24/h4-5,8-10,14-15,18H,3,6-7,11-13,16H2,1-2H3,(H,27,32). The molecule has 3 aromatic rings. The van der Waals surface area contributed by atoms with Crippen LogP contribution in [0.25, 0.3) is 16.9 Å². The van der Waals surface area contributed by atoms with Gasteiger partial charge in [0.25, 0.3) is 0 Å². The molecule has 1 N–H and O–H groups in total. The van der Waals surface area contributed by atoms with Crippen molar-refractivity contribution in [1.29, 1.82) is 0 Å². The van der Waals surface area contributed by atoms with Gasteiger partial charge in [-0.25, -0.2) is 4.98 Å². The molecular formula is C25H29ClN4O3. The molecule has 4 rings (SSSR count). The summed E-state index contributed by atoms with van der Waals surface area (Å²) < 4.78 is 6.96. The highest BCUT2D eigenvalue weighted by molar-refractivity contribution is 6.33. The fourth-order valence-corrected chi connectivity index (χ4v) is 4.56. The van der Waals surface area contributed by atoms with Crippen LogP contribution in [-0.4, -0.2) is 47.5 Å². The third kappa shape index (κ3) is 5.14. The number of benzene rings is 1. The van der Waals surface area contributed by atoms with Crippen molar-refractivity contribution in [3.05, 3.63) is 53.3 Å². The Labute approximate surface area is 198 Å². The third-order valence-electron chi connectivity index (χ3n) is 6.06. The number of ether oxygens (including phenoxy) is 1. The molecule has 1 amide bonds. The van der Waals surface area contributed by atoms with Gasteiger partial charge in [0.15, 0.2) is 0 Å². The van der Waals surface area contributed by atoms with E-state index in [1.807, 2.05) is 43.5 Å². The largest absolute Gasteiger partial charge is 0.466 e. The summed E-state index contributed by atoms with van der Waals surface area (Å²) in [4.78, 5) is 31.2. The molecule has 1 aromatic carbocycles. The highest BCUT2D eigenvalue weighted by Gasteiger charge is 2.26. The number of hydrogen-bond acceptors (Lipinski definition) is 5. The van der Waals surface area contributed by atoms with Crippen molar-refractivity contribution in [2.45, 2.75) is 33.1 Å². The fraction of sp³-hybridized carbons (Fsp3) is 0.400. The topological polar surface area (TPSA) is 75.9 Å². The SMILES string of the molecule is CCOC(=O)CCNC(=O)C1CCCN(c2ccc(Cl)c(-c3nc4ccccn4c3C)c2)C1. The van der Waals surface area contributed by atoms with E-state index in [1.54, 1.807) is 6.92 Å². The molecule has 0 radical (unpaired) electrons. The Hall–Kier alpha value is -3.06. The maximum Gasteiger partial charge on any atom is 0.307 e. The average molecular weight is 469 g/mol. The predicted octanol–water partition coefficient (Wildman–Crippen LogP) is 4.25. The van der Waals surface area contributed by atoms with Gasteiger partial charge in [0.1, 0.15) is 5.65 Å². The summed E-state index contributed by atoms with van der Waals surface area (Å²) in [5, 5.41) is 3.53. The number of esters is 1. The number of halogens is 1. The summed E-state index contributed by atoms with van der Waals surface area (Å²) in [6.07, 6.45) is 3.93. The van der Waals surface area contributed by atoms with Gasteiger partial charge in [-0.3, -0.25) is 9.59 Å². The molecular weight excluding hydrogens is 440 g/mol. The van der Waals surface area contributed by atoms with E-state index in [9.17, 15) is 9.59 Å². The molecule has 0 spiro atoms. The Morgan fingerprint density at radius 3 is 2.91 bits per heavy atom. The second-order valence-corrected chi connectivity index (χ2v) is 8.68. The maximum atomic E-state index is 12.7. The minimum atomic E-state index is -0.293. The van der Waals surface area contributed by atoms with Crippen LogP contribution in [0.1, 0.15) is 31.9 Å². The first kappa shape index (κ1) is 23.1. The monoisotopic (exact) mass is 468 g/mol. The molecule has 0 bridgehead atoms. The second-order valence-electron chi connectivity index (χ2n) is 8.27. The van der Waals surface area contributed by atoms with Crippen molar-refractivity contribution in [1.82, 2.24) is 14.7 Å².